The Morgan fingerprint density at radius 1 is 1.07 bits per heavy atom. The van der Waals surface area contributed by atoms with Crippen LogP contribution in [0.4, 0.5) is 5.69 Å². The number of para-hydroxylation sites is 1. The Kier molecular flexibility index (Phi) is 6.08. The van der Waals surface area contributed by atoms with Gasteiger partial charge in [-0.3, -0.25) is 19.1 Å². The molecule has 148 valence electrons. The number of nitrogens with one attached hydrogen (secondary N) is 2. The average molecular weight is 383 g/mol. The van der Waals surface area contributed by atoms with E-state index >= 15 is 0 Å². The molecular formula is C20H25N5O3. The molecule has 0 unspecified atom stereocenters. The first-order chi connectivity index (χ1) is 13.5. The van der Waals surface area contributed by atoms with Gasteiger partial charge in [-0.15, -0.1) is 0 Å². The molecule has 2 N–H and O–H groups in total. The van der Waals surface area contributed by atoms with Gasteiger partial charge in [0.15, 0.2) is 0 Å². The number of hydrogen-bond acceptors (Lipinski definition) is 4. The predicted octanol–water partition coefficient (Wildman–Crippen LogP) is 1.61. The summed E-state index contributed by atoms with van der Waals surface area (Å²) in [5.41, 5.74) is 2.37. The van der Waals surface area contributed by atoms with Gasteiger partial charge >= 0.3 is 11.8 Å². The largest absolute Gasteiger partial charge is 0.344 e. The maximum Gasteiger partial charge on any atom is 0.313 e. The molecule has 8 nitrogen and oxygen atoms in total. The summed E-state index contributed by atoms with van der Waals surface area (Å²) in [6, 6.07) is 6.77. The summed E-state index contributed by atoms with van der Waals surface area (Å²) in [6.07, 6.45) is 4.88. The number of nitrogens with zero attached hydrogens (tertiary/aromatic N) is 3. The van der Waals surface area contributed by atoms with E-state index < -0.39 is 11.8 Å². The first kappa shape index (κ1) is 19.6. The Bertz CT molecular complexity index is 884. The van der Waals surface area contributed by atoms with Crippen LogP contribution >= 0.6 is 0 Å². The molecule has 0 saturated carbocycles. The summed E-state index contributed by atoms with van der Waals surface area (Å²) < 4.78 is 1.65. The van der Waals surface area contributed by atoms with Crippen molar-refractivity contribution in [1.29, 1.82) is 0 Å². The fraction of sp³-hybridized carbons (Fsp3) is 0.400. The van der Waals surface area contributed by atoms with Gasteiger partial charge in [-0.1, -0.05) is 12.1 Å². The van der Waals surface area contributed by atoms with Crippen LogP contribution in [-0.2, 0) is 23.2 Å². The van der Waals surface area contributed by atoms with Crippen LogP contribution in [0.15, 0.2) is 30.5 Å². The first-order valence-electron chi connectivity index (χ1n) is 9.42. The second-order valence-electron chi connectivity index (χ2n) is 6.95. The molecule has 1 saturated heterocycles. The van der Waals surface area contributed by atoms with E-state index in [1.807, 2.05) is 6.92 Å². The van der Waals surface area contributed by atoms with Gasteiger partial charge in [-0.25, -0.2) is 0 Å². The lowest BCUT2D eigenvalue weighted by Gasteiger charge is -2.27. The van der Waals surface area contributed by atoms with Gasteiger partial charge in [-0.05, 0) is 38.3 Å². The molecule has 2 aromatic rings. The minimum atomic E-state index is -0.805. The second kappa shape index (κ2) is 8.69. The fourth-order valence-electron chi connectivity index (χ4n) is 3.30. The molecule has 1 aliphatic heterocycles. The lowest BCUT2D eigenvalue weighted by molar-refractivity contribution is -0.136. The number of rotatable bonds is 4. The van der Waals surface area contributed by atoms with Crippen LogP contribution in [0.5, 0.6) is 0 Å². The number of amides is 3. The first-order valence-corrected chi connectivity index (χ1v) is 9.42. The molecule has 1 aromatic heterocycles. The van der Waals surface area contributed by atoms with Crippen molar-refractivity contribution in [2.24, 2.45) is 7.05 Å². The normalized spacial score (nSPS) is 13.9. The molecule has 3 rings (SSSR count). The standard InChI is InChI=1S/C20H25N5O3/c1-14-15(13-24(2)23-14)12-21-18(26)19(27)22-17-9-5-4-8-16(17)20(28)25-10-6-3-7-11-25/h4-5,8-9,13H,3,6-7,10-12H2,1-2H3,(H,21,26)(H,22,27). The smallest absolute Gasteiger partial charge is 0.313 e. The van der Waals surface area contributed by atoms with Crippen LogP contribution < -0.4 is 10.6 Å². The Balaban J connectivity index is 1.64. The summed E-state index contributed by atoms with van der Waals surface area (Å²) >= 11 is 0. The van der Waals surface area contributed by atoms with Crippen molar-refractivity contribution in [3.8, 4) is 0 Å². The van der Waals surface area contributed by atoms with Crippen molar-refractivity contribution < 1.29 is 14.4 Å². The van der Waals surface area contributed by atoms with Crippen molar-refractivity contribution in [3.05, 3.63) is 47.3 Å². The van der Waals surface area contributed by atoms with Crippen LogP contribution in [0.2, 0.25) is 0 Å². The molecule has 1 fully saturated rings. The van der Waals surface area contributed by atoms with Crippen molar-refractivity contribution >= 4 is 23.4 Å². The van der Waals surface area contributed by atoms with E-state index in [9.17, 15) is 14.4 Å². The van der Waals surface area contributed by atoms with E-state index in [-0.39, 0.29) is 12.5 Å². The van der Waals surface area contributed by atoms with E-state index in [0.717, 1.165) is 30.5 Å². The third-order valence-electron chi connectivity index (χ3n) is 4.81. The predicted molar refractivity (Wildman–Crippen MR) is 105 cm³/mol. The number of benzene rings is 1. The average Bonchev–Trinajstić information content (AvgIpc) is 3.03. The molecule has 0 bridgehead atoms. The van der Waals surface area contributed by atoms with E-state index in [1.165, 1.54) is 0 Å². The highest BCUT2D eigenvalue weighted by Gasteiger charge is 2.22. The third-order valence-corrected chi connectivity index (χ3v) is 4.81. The number of anilines is 1. The highest BCUT2D eigenvalue weighted by Crippen LogP contribution is 2.20. The lowest BCUT2D eigenvalue weighted by Crippen LogP contribution is -2.37. The Morgan fingerprint density at radius 2 is 1.79 bits per heavy atom. The van der Waals surface area contributed by atoms with Crippen molar-refractivity contribution in [2.45, 2.75) is 32.7 Å². The van der Waals surface area contributed by atoms with Gasteiger partial charge in [0.2, 0.25) is 0 Å². The van der Waals surface area contributed by atoms with Crippen LogP contribution in [0.25, 0.3) is 0 Å². The number of hydrogen-bond donors (Lipinski definition) is 2. The van der Waals surface area contributed by atoms with Gasteiger partial charge in [0.25, 0.3) is 5.91 Å². The quantitative estimate of drug-likeness (QED) is 0.784. The molecular weight excluding hydrogens is 358 g/mol. The van der Waals surface area contributed by atoms with Gasteiger partial charge in [0.1, 0.15) is 0 Å². The van der Waals surface area contributed by atoms with E-state index in [2.05, 4.69) is 15.7 Å². The highest BCUT2D eigenvalue weighted by atomic mass is 16.2. The number of aromatic nitrogens is 2. The fourth-order valence-corrected chi connectivity index (χ4v) is 3.30. The molecule has 0 aliphatic carbocycles. The molecule has 3 amide bonds. The van der Waals surface area contributed by atoms with Crippen LogP contribution in [0.3, 0.4) is 0 Å². The zero-order valence-corrected chi connectivity index (χ0v) is 16.2. The van der Waals surface area contributed by atoms with Crippen LogP contribution in [0.1, 0.15) is 40.9 Å². The number of carbonyl (C=O) groups excluding carboxylic acids is 3. The molecule has 0 atom stereocenters. The monoisotopic (exact) mass is 383 g/mol. The maximum atomic E-state index is 12.8. The Hall–Kier alpha value is -3.16. The molecule has 2 heterocycles. The van der Waals surface area contributed by atoms with Crippen LogP contribution in [0, 0.1) is 6.92 Å². The molecule has 8 heteroatoms. The number of aryl methyl sites for hydroxylation is 2. The third kappa shape index (κ3) is 4.57. The molecule has 28 heavy (non-hydrogen) atoms. The highest BCUT2D eigenvalue weighted by molar-refractivity contribution is 6.40. The summed E-state index contributed by atoms with van der Waals surface area (Å²) in [6.45, 7) is 3.47. The van der Waals surface area contributed by atoms with Crippen molar-refractivity contribution in [3.63, 3.8) is 0 Å². The van der Waals surface area contributed by atoms with Crippen LogP contribution in [-0.4, -0.2) is 45.5 Å². The van der Waals surface area contributed by atoms with Gasteiger partial charge in [-0.2, -0.15) is 5.10 Å². The zero-order chi connectivity index (χ0) is 20.1. The summed E-state index contributed by atoms with van der Waals surface area (Å²) in [4.78, 5) is 39.1. The van der Waals surface area contributed by atoms with E-state index in [0.29, 0.717) is 24.3 Å². The van der Waals surface area contributed by atoms with E-state index in [1.54, 1.807) is 47.1 Å². The lowest BCUT2D eigenvalue weighted by atomic mass is 10.1. The topological polar surface area (TPSA) is 96.3 Å². The minimum Gasteiger partial charge on any atom is -0.344 e. The molecule has 1 aromatic carbocycles. The van der Waals surface area contributed by atoms with Gasteiger partial charge in [0.05, 0.1) is 16.9 Å². The Labute approximate surface area is 163 Å². The number of likely N-dealkylation sites (tertiary alicyclic amines) is 1. The van der Waals surface area contributed by atoms with Crippen molar-refractivity contribution in [1.82, 2.24) is 20.0 Å². The Morgan fingerprint density at radius 3 is 2.46 bits per heavy atom. The van der Waals surface area contributed by atoms with Gasteiger partial charge < -0.3 is 15.5 Å². The second-order valence-corrected chi connectivity index (χ2v) is 6.95. The minimum absolute atomic E-state index is 0.123. The zero-order valence-electron chi connectivity index (χ0n) is 16.2. The summed E-state index contributed by atoms with van der Waals surface area (Å²) in [7, 11) is 1.79. The maximum absolute atomic E-state index is 12.8. The summed E-state index contributed by atoms with van der Waals surface area (Å²) in [5, 5.41) is 9.35. The summed E-state index contributed by atoms with van der Waals surface area (Å²) in [5.74, 6) is -1.69. The van der Waals surface area contributed by atoms with Gasteiger partial charge in [0, 0.05) is 38.4 Å². The van der Waals surface area contributed by atoms with E-state index in [4.69, 9.17) is 0 Å². The molecule has 1 aliphatic rings. The molecule has 0 radical (unpaired) electrons. The number of piperidine rings is 1. The number of carbonyl (C=O) groups is 3. The molecule has 0 spiro atoms. The SMILES string of the molecule is Cc1nn(C)cc1CNC(=O)C(=O)Nc1ccccc1C(=O)N1CCCCC1. The van der Waals surface area contributed by atoms with Crippen molar-refractivity contribution in [2.75, 3.05) is 18.4 Å².